The van der Waals surface area contributed by atoms with Crippen molar-refractivity contribution >= 4 is 106 Å². The Hall–Kier alpha value is -14.0. The van der Waals surface area contributed by atoms with E-state index in [2.05, 4.69) is 352 Å². The Labute approximate surface area is 651 Å². The third kappa shape index (κ3) is 8.62. The highest BCUT2D eigenvalue weighted by Gasteiger charge is 2.54. The average Bonchev–Trinajstić information content (AvgIpc) is 1.51. The predicted octanol–water partition coefficient (Wildman–Crippen LogP) is 27.6. The number of thiophene rings is 2. The highest BCUT2D eigenvalue weighted by atomic mass is 32.1. The molecule has 112 heavy (non-hydrogen) atoms. The summed E-state index contributed by atoms with van der Waals surface area (Å²) in [5.41, 5.74) is 24.6. The molecule has 4 aliphatic rings. The first-order chi connectivity index (χ1) is 55.5. The summed E-state index contributed by atoms with van der Waals surface area (Å²) < 4.78 is 18.8. The molecule has 17 aromatic carbocycles. The van der Waals surface area contributed by atoms with Crippen molar-refractivity contribution in [1.29, 1.82) is 0 Å². The van der Waals surface area contributed by atoms with E-state index in [9.17, 15) is 0 Å². The zero-order valence-corrected chi connectivity index (χ0v) is 61.5. The number of hydrogen-bond acceptors (Lipinski definition) is 8. The first-order valence-corrected chi connectivity index (χ1v) is 39.8. The van der Waals surface area contributed by atoms with Gasteiger partial charge in [0.05, 0.1) is 42.7 Å². The summed E-state index contributed by atoms with van der Waals surface area (Å²) >= 11 is 3.50. The van der Waals surface area contributed by atoms with E-state index in [1.807, 2.05) is 0 Å². The lowest BCUT2D eigenvalue weighted by atomic mass is 9.65. The zero-order chi connectivity index (χ0) is 73.1. The topological polar surface area (TPSA) is 70.0 Å². The Morgan fingerprint density at radius 3 is 1.40 bits per heavy atom. The molecule has 2 spiro atoms. The summed E-state index contributed by atoms with van der Waals surface area (Å²) in [5.74, 6) is 4.59. The number of fused-ring (bicyclic) bond motifs is 30. The molecular formula is C104H58N4O2S2. The molecule has 0 fully saturated rings. The molecule has 2 atom stereocenters. The molecule has 0 saturated carbocycles. The van der Waals surface area contributed by atoms with Crippen LogP contribution in [0.2, 0.25) is 0 Å². The number of aromatic nitrogens is 4. The van der Waals surface area contributed by atoms with E-state index in [1.165, 1.54) is 82.4 Å². The zero-order valence-electron chi connectivity index (χ0n) is 59.9. The number of nitrogens with zero attached hydrogens (tertiary/aromatic N) is 4. The minimum absolute atomic E-state index is 0.651. The quantitative estimate of drug-likeness (QED) is 0.165. The normalized spacial score (nSPS) is 15.4. The monoisotopic (exact) mass is 1460 g/mol. The van der Waals surface area contributed by atoms with Gasteiger partial charge < -0.3 is 9.47 Å². The molecule has 0 amide bonds. The molecule has 2 unspecified atom stereocenters. The van der Waals surface area contributed by atoms with Crippen molar-refractivity contribution in [3.63, 3.8) is 0 Å². The van der Waals surface area contributed by atoms with E-state index >= 15 is 0 Å². The second-order valence-corrected chi connectivity index (χ2v) is 32.2. The van der Waals surface area contributed by atoms with Gasteiger partial charge in [0.1, 0.15) is 23.0 Å². The number of hydrogen-bond donors (Lipinski definition) is 0. The van der Waals surface area contributed by atoms with Crippen molar-refractivity contribution in [2.75, 3.05) is 0 Å². The maximum atomic E-state index is 7.24. The third-order valence-electron chi connectivity index (χ3n) is 24.4. The molecule has 2 aliphatic carbocycles. The molecule has 518 valence electrons. The van der Waals surface area contributed by atoms with Gasteiger partial charge in [0.15, 0.2) is 11.6 Å². The Balaban J connectivity index is 0.676. The molecule has 4 aromatic heterocycles. The van der Waals surface area contributed by atoms with Crippen LogP contribution in [0, 0.1) is 0 Å². The van der Waals surface area contributed by atoms with E-state index in [0.717, 1.165) is 147 Å². The van der Waals surface area contributed by atoms with Gasteiger partial charge in [-0.15, -0.1) is 22.7 Å². The number of rotatable bonds is 6. The van der Waals surface area contributed by atoms with Gasteiger partial charge in [-0.05, 0) is 177 Å². The second kappa shape index (κ2) is 23.3. The summed E-state index contributed by atoms with van der Waals surface area (Å²) in [4.78, 5) is 22.6. The fourth-order valence-electron chi connectivity index (χ4n) is 19.5. The Morgan fingerprint density at radius 1 is 0.223 bits per heavy atom. The van der Waals surface area contributed by atoms with E-state index in [4.69, 9.17) is 29.4 Å². The minimum Gasteiger partial charge on any atom is -0.457 e. The molecule has 0 N–H and O–H groups in total. The number of para-hydroxylation sites is 2. The highest BCUT2D eigenvalue weighted by Crippen LogP contribution is 2.66. The number of ether oxygens (including phenoxy) is 2. The number of benzene rings is 17. The van der Waals surface area contributed by atoms with Crippen LogP contribution < -0.4 is 9.47 Å². The summed E-state index contributed by atoms with van der Waals surface area (Å²) in [5, 5.41) is 11.7. The van der Waals surface area contributed by atoms with Crippen LogP contribution in [0.4, 0.5) is 0 Å². The fraction of sp³-hybridized carbons (Fsp3) is 0.0192. The fourth-order valence-corrected chi connectivity index (χ4v) is 21.8. The Kier molecular flexibility index (Phi) is 12.9. The SMILES string of the molecule is c1ccc2c(c1)Oc1cc(-c3nc(-c4ccc5ccccc5c4)nc4c3sc3ccc(-c5ccc6c(c5)C5(c7ccccc7Oc7ccc(-c8nc(-c9ccc(-c%10cccc%11ccccc%10%11)cc9)nc9c8sc8ccccc89)cc75)c5ccc7ccccc7c5-6)cc34)ccc1C21c2ccccc2-c2c1ccc1ccccc21. The van der Waals surface area contributed by atoms with Crippen LogP contribution in [0.3, 0.4) is 0 Å². The smallest absolute Gasteiger partial charge is 0.160 e. The molecule has 25 rings (SSSR count). The van der Waals surface area contributed by atoms with Crippen molar-refractivity contribution in [2.24, 2.45) is 0 Å². The molecule has 6 nitrogen and oxygen atoms in total. The summed E-state index contributed by atoms with van der Waals surface area (Å²) in [6.07, 6.45) is 0. The van der Waals surface area contributed by atoms with Crippen molar-refractivity contribution in [3.8, 4) is 113 Å². The predicted molar refractivity (Wildman–Crippen MR) is 461 cm³/mol. The lowest BCUT2D eigenvalue weighted by Crippen LogP contribution is -2.32. The molecule has 21 aromatic rings. The van der Waals surface area contributed by atoms with Gasteiger partial charge in [-0.1, -0.05) is 285 Å². The van der Waals surface area contributed by atoms with Crippen molar-refractivity contribution in [1.82, 2.24) is 19.9 Å². The van der Waals surface area contributed by atoms with Crippen LogP contribution in [-0.2, 0) is 10.8 Å². The maximum Gasteiger partial charge on any atom is 0.160 e. The molecule has 8 heteroatoms. The van der Waals surface area contributed by atoms with Crippen molar-refractivity contribution < 1.29 is 9.47 Å². The average molecular weight is 1460 g/mol. The van der Waals surface area contributed by atoms with Gasteiger partial charge in [0.2, 0.25) is 0 Å². The molecule has 2 aliphatic heterocycles. The van der Waals surface area contributed by atoms with Crippen LogP contribution in [0.15, 0.2) is 352 Å². The summed E-state index contributed by atoms with van der Waals surface area (Å²) in [7, 11) is 0. The Bertz CT molecular complexity index is 7740. The summed E-state index contributed by atoms with van der Waals surface area (Å²) in [6, 6.07) is 129. The summed E-state index contributed by atoms with van der Waals surface area (Å²) in [6.45, 7) is 0. The van der Waals surface area contributed by atoms with Gasteiger partial charge >= 0.3 is 0 Å². The largest absolute Gasteiger partial charge is 0.457 e. The van der Waals surface area contributed by atoms with Gasteiger partial charge in [0, 0.05) is 64.7 Å². The standard InChI is InChI=1S/C104H58N4O2S2/c1-2-22-65-54-70(41-36-59(65)18-1)102-106-96(69-45-49-82-90(58-69)110-88-34-15-12-31-80(88)103(82)79-30-11-9-27-75(79)93-73-25-7-4-20-61(73)43-50-83(93)103)100-98(108-102)78-55-66(47-53-92(78)112-100)67-42-48-76-85(56-67)104(84-51-44-62-21-5-8-26-74(62)94(76)84)81-32-13-14-33-87(81)109-89-52-46-68(57-86(89)104)95-99-97(77-28-10-16-35-91(77)111-99)107-101(105-95)64-39-37-63(38-40-64)72-29-17-23-60-19-3-6-24-71(60)72/h1-58H. The van der Waals surface area contributed by atoms with Crippen LogP contribution in [0.25, 0.3) is 173 Å². The lowest BCUT2D eigenvalue weighted by molar-refractivity contribution is 0.436. The molecule has 0 saturated heterocycles. The van der Waals surface area contributed by atoms with E-state index in [1.54, 1.807) is 22.7 Å². The minimum atomic E-state index is -0.854. The first kappa shape index (κ1) is 61.9. The molecule has 6 heterocycles. The van der Waals surface area contributed by atoms with Crippen molar-refractivity contribution in [3.05, 3.63) is 396 Å². The van der Waals surface area contributed by atoms with Crippen molar-refractivity contribution in [2.45, 2.75) is 10.8 Å². The van der Waals surface area contributed by atoms with Crippen LogP contribution in [0.5, 0.6) is 23.0 Å². The maximum absolute atomic E-state index is 7.24. The van der Waals surface area contributed by atoms with E-state index in [0.29, 0.717) is 11.6 Å². The molecule has 0 radical (unpaired) electrons. The van der Waals surface area contributed by atoms with Crippen LogP contribution >= 0.6 is 22.7 Å². The molecular weight excluding hydrogens is 1400 g/mol. The van der Waals surface area contributed by atoms with Gasteiger partial charge in [-0.2, -0.15) is 0 Å². The highest BCUT2D eigenvalue weighted by molar-refractivity contribution is 7.26. The first-order valence-electron chi connectivity index (χ1n) is 38.1. The molecule has 0 bridgehead atoms. The Morgan fingerprint density at radius 2 is 0.670 bits per heavy atom. The van der Waals surface area contributed by atoms with Crippen LogP contribution in [0.1, 0.15) is 44.5 Å². The second-order valence-electron chi connectivity index (χ2n) is 30.1. The van der Waals surface area contributed by atoms with Gasteiger partial charge in [-0.25, -0.2) is 19.9 Å². The van der Waals surface area contributed by atoms with E-state index < -0.39 is 10.8 Å². The van der Waals surface area contributed by atoms with Crippen LogP contribution in [-0.4, -0.2) is 19.9 Å². The lowest BCUT2D eigenvalue weighted by Gasteiger charge is -2.39. The van der Waals surface area contributed by atoms with Gasteiger partial charge in [-0.3, -0.25) is 0 Å². The third-order valence-corrected chi connectivity index (χ3v) is 26.7. The van der Waals surface area contributed by atoms with E-state index in [-0.39, 0.29) is 0 Å². The van der Waals surface area contributed by atoms with Gasteiger partial charge in [0.25, 0.3) is 0 Å².